The van der Waals surface area contributed by atoms with Crippen LogP contribution < -0.4 is 4.74 Å². The molecule has 168 valence electrons. The van der Waals surface area contributed by atoms with Crippen LogP contribution in [0.4, 0.5) is 0 Å². The molecule has 1 N–H and O–H groups in total. The van der Waals surface area contributed by atoms with Gasteiger partial charge in [-0.3, -0.25) is 0 Å². The molecular weight excluding hydrogens is 440 g/mol. The fourth-order valence-electron chi connectivity index (χ4n) is 4.65. The molecule has 0 amide bonds. The average Bonchev–Trinajstić information content (AvgIpc) is 3.20. The molecule has 3 heteroatoms. The molecule has 0 unspecified atom stereocenters. The lowest BCUT2D eigenvalue weighted by atomic mass is 9.85. The number of phenolic OH excluding ortho intramolecular Hbond substituents is 1. The largest absolute Gasteiger partial charge is 0.508 e. The summed E-state index contributed by atoms with van der Waals surface area (Å²) in [5.74, 6) is 0.889. The number of rotatable bonds is 5. The summed E-state index contributed by atoms with van der Waals surface area (Å²) in [7, 11) is 0. The Morgan fingerprint density at radius 3 is 2.15 bits per heavy atom. The van der Waals surface area contributed by atoms with E-state index in [9.17, 15) is 5.11 Å². The van der Waals surface area contributed by atoms with Gasteiger partial charge in [-0.25, -0.2) is 0 Å². The van der Waals surface area contributed by atoms with Crippen molar-refractivity contribution in [2.45, 2.75) is 19.4 Å². The molecule has 5 rings (SSSR count). The third-order valence-corrected chi connectivity index (χ3v) is 6.31. The zero-order chi connectivity index (χ0) is 23.7. The molecule has 0 bridgehead atoms. The van der Waals surface area contributed by atoms with Crippen LogP contribution in [0, 0.1) is 0 Å². The number of phenols is 1. The number of ether oxygens (including phenoxy) is 1. The van der Waals surface area contributed by atoms with Crippen molar-refractivity contribution in [3.8, 4) is 11.5 Å². The topological polar surface area (TPSA) is 29.5 Å². The van der Waals surface area contributed by atoms with E-state index < -0.39 is 5.60 Å². The molecule has 34 heavy (non-hydrogen) atoms. The molecule has 0 fully saturated rings. The lowest BCUT2D eigenvalue weighted by Gasteiger charge is -2.31. The SMILES string of the molecule is CC(C)(Oc1ccc(O)cc1)/C(=C1/C=C(c2ccccc2)c2ccccc21)c1cccc(Cl)c1. The van der Waals surface area contributed by atoms with E-state index in [4.69, 9.17) is 16.3 Å². The van der Waals surface area contributed by atoms with Gasteiger partial charge >= 0.3 is 0 Å². The van der Waals surface area contributed by atoms with Crippen molar-refractivity contribution >= 4 is 28.3 Å². The lowest BCUT2D eigenvalue weighted by molar-refractivity contribution is 0.173. The summed E-state index contributed by atoms with van der Waals surface area (Å²) >= 11 is 6.44. The van der Waals surface area contributed by atoms with Gasteiger partial charge in [-0.2, -0.15) is 0 Å². The van der Waals surface area contributed by atoms with E-state index >= 15 is 0 Å². The second-order valence-electron chi connectivity index (χ2n) is 8.87. The molecular formula is C31H25ClO2. The average molecular weight is 465 g/mol. The molecule has 4 aromatic carbocycles. The Kier molecular flexibility index (Phi) is 5.77. The Balaban J connectivity index is 1.75. The summed E-state index contributed by atoms with van der Waals surface area (Å²) in [5.41, 5.74) is 7.18. The fraction of sp³-hybridized carbons (Fsp3) is 0.0968. The third-order valence-electron chi connectivity index (χ3n) is 6.08. The molecule has 0 aliphatic heterocycles. The van der Waals surface area contributed by atoms with Gasteiger partial charge in [0.25, 0.3) is 0 Å². The zero-order valence-corrected chi connectivity index (χ0v) is 19.9. The minimum atomic E-state index is -0.702. The monoisotopic (exact) mass is 464 g/mol. The number of aromatic hydroxyl groups is 1. The summed E-state index contributed by atoms with van der Waals surface area (Å²) in [4.78, 5) is 0. The van der Waals surface area contributed by atoms with E-state index in [0.717, 1.165) is 16.7 Å². The number of hydrogen-bond acceptors (Lipinski definition) is 2. The van der Waals surface area contributed by atoms with Gasteiger partial charge in [0.15, 0.2) is 0 Å². The van der Waals surface area contributed by atoms with Gasteiger partial charge in [0.05, 0.1) is 0 Å². The van der Waals surface area contributed by atoms with Crippen molar-refractivity contribution in [2.24, 2.45) is 0 Å². The third kappa shape index (κ3) is 4.25. The second kappa shape index (κ2) is 8.89. The molecule has 4 aromatic rings. The lowest BCUT2D eigenvalue weighted by Crippen LogP contribution is -2.30. The quantitative estimate of drug-likeness (QED) is 0.322. The van der Waals surface area contributed by atoms with Crippen LogP contribution in [0.1, 0.15) is 36.1 Å². The van der Waals surface area contributed by atoms with E-state index in [2.05, 4.69) is 74.5 Å². The van der Waals surface area contributed by atoms with Gasteiger partial charge < -0.3 is 9.84 Å². The predicted octanol–water partition coefficient (Wildman–Crippen LogP) is 8.26. The number of benzene rings is 4. The van der Waals surface area contributed by atoms with Crippen LogP contribution in [-0.4, -0.2) is 10.7 Å². The van der Waals surface area contributed by atoms with Crippen LogP contribution >= 0.6 is 11.6 Å². The van der Waals surface area contributed by atoms with Gasteiger partial charge in [0.1, 0.15) is 17.1 Å². The first kappa shape index (κ1) is 22.1. The smallest absolute Gasteiger partial charge is 0.130 e. The molecule has 1 aliphatic rings. The van der Waals surface area contributed by atoms with Crippen LogP contribution in [-0.2, 0) is 0 Å². The molecule has 0 heterocycles. The van der Waals surface area contributed by atoms with Crippen molar-refractivity contribution < 1.29 is 9.84 Å². The van der Waals surface area contributed by atoms with Crippen LogP contribution in [0.2, 0.25) is 5.02 Å². The highest BCUT2D eigenvalue weighted by molar-refractivity contribution is 6.30. The molecule has 2 nitrogen and oxygen atoms in total. The summed E-state index contributed by atoms with van der Waals surface area (Å²) in [6, 6.07) is 33.7. The Morgan fingerprint density at radius 2 is 1.44 bits per heavy atom. The van der Waals surface area contributed by atoms with E-state index in [0.29, 0.717) is 10.8 Å². The number of fused-ring (bicyclic) bond motifs is 1. The normalized spacial score (nSPS) is 14.4. The Bertz CT molecular complexity index is 1400. The number of allylic oxidation sites excluding steroid dienone is 2. The maximum Gasteiger partial charge on any atom is 0.130 e. The van der Waals surface area contributed by atoms with Gasteiger partial charge in [-0.1, -0.05) is 78.3 Å². The Labute approximate surface area is 205 Å². The van der Waals surface area contributed by atoms with E-state index in [1.54, 1.807) is 24.3 Å². The Hall–Kier alpha value is -3.75. The van der Waals surface area contributed by atoms with Crippen molar-refractivity contribution in [1.82, 2.24) is 0 Å². The van der Waals surface area contributed by atoms with Crippen LogP contribution in [0.3, 0.4) is 0 Å². The summed E-state index contributed by atoms with van der Waals surface area (Å²) < 4.78 is 6.54. The van der Waals surface area contributed by atoms with E-state index in [-0.39, 0.29) is 5.75 Å². The first-order valence-corrected chi connectivity index (χ1v) is 11.7. The van der Waals surface area contributed by atoms with Crippen molar-refractivity contribution in [3.63, 3.8) is 0 Å². The molecule has 0 saturated heterocycles. The van der Waals surface area contributed by atoms with Crippen molar-refractivity contribution in [2.75, 3.05) is 0 Å². The van der Waals surface area contributed by atoms with Crippen LogP contribution in [0.15, 0.2) is 109 Å². The number of hydrogen-bond donors (Lipinski definition) is 1. The summed E-state index contributed by atoms with van der Waals surface area (Å²) in [6.07, 6.45) is 2.26. The molecule has 0 spiro atoms. The van der Waals surface area contributed by atoms with E-state index in [1.165, 1.54) is 22.3 Å². The molecule has 0 radical (unpaired) electrons. The molecule has 0 atom stereocenters. The van der Waals surface area contributed by atoms with E-state index in [1.807, 2.05) is 24.3 Å². The minimum absolute atomic E-state index is 0.207. The van der Waals surface area contributed by atoms with Crippen molar-refractivity contribution in [3.05, 3.63) is 136 Å². The fourth-order valence-corrected chi connectivity index (χ4v) is 4.84. The van der Waals surface area contributed by atoms with Crippen LogP contribution in [0.25, 0.3) is 16.7 Å². The maximum absolute atomic E-state index is 9.70. The highest BCUT2D eigenvalue weighted by atomic mass is 35.5. The maximum atomic E-state index is 9.70. The Morgan fingerprint density at radius 1 is 0.765 bits per heavy atom. The van der Waals surface area contributed by atoms with Crippen molar-refractivity contribution in [1.29, 1.82) is 0 Å². The summed E-state index contributed by atoms with van der Waals surface area (Å²) in [5, 5.41) is 10.4. The predicted molar refractivity (Wildman–Crippen MR) is 141 cm³/mol. The van der Waals surface area contributed by atoms with Crippen LogP contribution in [0.5, 0.6) is 11.5 Å². The van der Waals surface area contributed by atoms with Gasteiger partial charge in [-0.05, 0) is 89.7 Å². The van der Waals surface area contributed by atoms with Gasteiger partial charge in [-0.15, -0.1) is 0 Å². The zero-order valence-electron chi connectivity index (χ0n) is 19.1. The number of halogens is 1. The highest BCUT2D eigenvalue weighted by Crippen LogP contribution is 2.46. The molecule has 0 aromatic heterocycles. The first-order valence-electron chi connectivity index (χ1n) is 11.3. The molecule has 0 saturated carbocycles. The second-order valence-corrected chi connectivity index (χ2v) is 9.31. The minimum Gasteiger partial charge on any atom is -0.508 e. The van der Waals surface area contributed by atoms with Gasteiger partial charge in [0, 0.05) is 10.6 Å². The highest BCUT2D eigenvalue weighted by Gasteiger charge is 2.33. The standard InChI is InChI=1S/C31H25ClO2/c1-31(2,34-25-17-15-24(33)16-18-25)30(22-11-8-12-23(32)19-22)29-20-28(21-9-4-3-5-10-21)26-13-6-7-14-27(26)29/h3-20,33H,1-2H3/b30-29-. The van der Waals surface area contributed by atoms with Gasteiger partial charge in [0.2, 0.25) is 0 Å². The molecule has 1 aliphatic carbocycles. The first-order chi connectivity index (χ1) is 16.4. The summed E-state index contributed by atoms with van der Waals surface area (Å²) in [6.45, 7) is 4.14.